The Balaban J connectivity index is 1.34. The standard InChI is InChI=1S/C34H40N4O4/c1-22-27(11-12-30(39)40)23(2)36-33-31(22)28-5-3-4-6-29(28)38(33)21-24-7-9-25(10-8-24)32(26-13-19-42-20-14-26)34(41)37-17-15-35-16-18-37/h3-10,26,32,35H,11-21H2,1-2H3,(H,39,40)/t32-/m1/s1. The summed E-state index contributed by atoms with van der Waals surface area (Å²) in [6.07, 6.45) is 2.37. The van der Waals surface area contributed by atoms with E-state index in [1.54, 1.807) is 0 Å². The molecule has 8 nitrogen and oxygen atoms in total. The number of pyridine rings is 1. The minimum absolute atomic E-state index is 0.0892. The molecule has 0 aliphatic carbocycles. The number of rotatable bonds is 8. The van der Waals surface area contributed by atoms with Gasteiger partial charge in [0.25, 0.3) is 0 Å². The van der Waals surface area contributed by atoms with Gasteiger partial charge in [-0.2, -0.15) is 0 Å². The quantitative estimate of drug-likeness (QED) is 0.317. The Morgan fingerprint density at radius 2 is 1.76 bits per heavy atom. The highest BCUT2D eigenvalue weighted by atomic mass is 16.5. The van der Waals surface area contributed by atoms with Crippen LogP contribution in [-0.4, -0.2) is 70.8 Å². The second-order valence-electron chi connectivity index (χ2n) is 11.7. The van der Waals surface area contributed by atoms with Gasteiger partial charge in [-0.05, 0) is 67.3 Å². The van der Waals surface area contributed by atoms with Crippen molar-refractivity contribution in [3.63, 3.8) is 0 Å². The average Bonchev–Trinajstić information content (AvgIpc) is 3.31. The highest BCUT2D eigenvalue weighted by Crippen LogP contribution is 2.36. The number of aliphatic carboxylic acids is 1. The number of benzene rings is 2. The lowest BCUT2D eigenvalue weighted by molar-refractivity contribution is -0.137. The number of carboxylic acid groups (broad SMARTS) is 1. The molecule has 2 aromatic carbocycles. The van der Waals surface area contributed by atoms with Gasteiger partial charge in [-0.1, -0.05) is 42.5 Å². The number of hydrogen-bond donors (Lipinski definition) is 2. The van der Waals surface area contributed by atoms with E-state index in [2.05, 4.69) is 59.3 Å². The third-order valence-electron chi connectivity index (χ3n) is 9.18. The van der Waals surface area contributed by atoms with Crippen LogP contribution in [0.2, 0.25) is 0 Å². The molecule has 220 valence electrons. The predicted octanol–water partition coefficient (Wildman–Crippen LogP) is 4.81. The van der Waals surface area contributed by atoms with E-state index in [-0.39, 0.29) is 24.2 Å². The Kier molecular flexibility index (Phi) is 8.27. The number of para-hydroxylation sites is 1. The number of amides is 1. The van der Waals surface area contributed by atoms with E-state index in [9.17, 15) is 14.7 Å². The molecule has 2 aliphatic heterocycles. The average molecular weight is 569 g/mol. The first-order valence-electron chi connectivity index (χ1n) is 15.2. The summed E-state index contributed by atoms with van der Waals surface area (Å²) >= 11 is 0. The van der Waals surface area contributed by atoms with E-state index >= 15 is 0 Å². The maximum atomic E-state index is 13.8. The van der Waals surface area contributed by atoms with Crippen LogP contribution in [0, 0.1) is 19.8 Å². The number of carbonyl (C=O) groups is 2. The maximum Gasteiger partial charge on any atom is 0.303 e. The van der Waals surface area contributed by atoms with E-state index in [4.69, 9.17) is 9.72 Å². The van der Waals surface area contributed by atoms with Crippen molar-refractivity contribution in [3.8, 4) is 0 Å². The van der Waals surface area contributed by atoms with Crippen LogP contribution >= 0.6 is 0 Å². The van der Waals surface area contributed by atoms with Gasteiger partial charge >= 0.3 is 5.97 Å². The Hall–Kier alpha value is -3.75. The summed E-state index contributed by atoms with van der Waals surface area (Å²) < 4.78 is 7.90. The van der Waals surface area contributed by atoms with E-state index in [0.29, 0.717) is 26.2 Å². The van der Waals surface area contributed by atoms with Crippen molar-refractivity contribution in [2.45, 2.75) is 52.0 Å². The summed E-state index contributed by atoms with van der Waals surface area (Å²) in [7, 11) is 0. The van der Waals surface area contributed by atoms with E-state index < -0.39 is 5.97 Å². The molecule has 2 N–H and O–H groups in total. The normalized spacial score (nSPS) is 17.1. The van der Waals surface area contributed by atoms with E-state index in [1.165, 1.54) is 0 Å². The highest BCUT2D eigenvalue weighted by Gasteiger charge is 2.34. The minimum atomic E-state index is -0.798. The summed E-state index contributed by atoms with van der Waals surface area (Å²) in [5.41, 5.74) is 7.27. The number of fused-ring (bicyclic) bond motifs is 3. The van der Waals surface area contributed by atoms with Gasteiger partial charge in [0, 0.05) is 68.8 Å². The van der Waals surface area contributed by atoms with Gasteiger partial charge < -0.3 is 24.6 Å². The van der Waals surface area contributed by atoms with Gasteiger partial charge in [-0.3, -0.25) is 9.59 Å². The van der Waals surface area contributed by atoms with Gasteiger partial charge in [0.05, 0.1) is 11.4 Å². The zero-order valence-electron chi connectivity index (χ0n) is 24.6. The molecule has 4 aromatic rings. The van der Waals surface area contributed by atoms with Crippen LogP contribution in [0.1, 0.15) is 53.1 Å². The number of aromatic nitrogens is 2. The minimum Gasteiger partial charge on any atom is -0.481 e. The molecule has 1 amide bonds. The molecule has 8 heteroatoms. The first-order valence-corrected chi connectivity index (χ1v) is 15.2. The van der Waals surface area contributed by atoms with Crippen LogP contribution < -0.4 is 5.32 Å². The van der Waals surface area contributed by atoms with Crippen LogP contribution in [0.5, 0.6) is 0 Å². The second-order valence-corrected chi connectivity index (χ2v) is 11.7. The Labute approximate surface area is 246 Å². The number of nitrogens with zero attached hydrogens (tertiary/aromatic N) is 3. The number of piperazine rings is 1. The zero-order valence-corrected chi connectivity index (χ0v) is 24.6. The van der Waals surface area contributed by atoms with Gasteiger partial charge in [0.1, 0.15) is 5.65 Å². The fourth-order valence-corrected chi connectivity index (χ4v) is 6.95. The smallest absolute Gasteiger partial charge is 0.303 e. The van der Waals surface area contributed by atoms with Crippen LogP contribution in [0.25, 0.3) is 21.9 Å². The second kappa shape index (κ2) is 12.2. The Morgan fingerprint density at radius 3 is 2.48 bits per heavy atom. The number of aryl methyl sites for hydroxylation is 2. The lowest BCUT2D eigenvalue weighted by atomic mass is 9.80. The number of carboxylic acids is 1. The van der Waals surface area contributed by atoms with Crippen molar-refractivity contribution in [1.82, 2.24) is 19.8 Å². The molecule has 2 fully saturated rings. The molecule has 0 radical (unpaired) electrons. The largest absolute Gasteiger partial charge is 0.481 e. The molecule has 0 saturated carbocycles. The molecule has 0 unspecified atom stereocenters. The Morgan fingerprint density at radius 1 is 1.05 bits per heavy atom. The topological polar surface area (TPSA) is 96.7 Å². The summed E-state index contributed by atoms with van der Waals surface area (Å²) in [6.45, 7) is 9.35. The van der Waals surface area contributed by atoms with E-state index in [1.807, 2.05) is 17.9 Å². The van der Waals surface area contributed by atoms with Crippen LogP contribution in [0.3, 0.4) is 0 Å². The third-order valence-corrected chi connectivity index (χ3v) is 9.18. The summed E-state index contributed by atoms with van der Waals surface area (Å²) in [5.74, 6) is -0.416. The zero-order chi connectivity index (χ0) is 29.2. The molecule has 0 spiro atoms. The van der Waals surface area contributed by atoms with Crippen molar-refractivity contribution in [3.05, 3.63) is 76.5 Å². The van der Waals surface area contributed by atoms with Gasteiger partial charge in [-0.15, -0.1) is 0 Å². The molecule has 1 atom stereocenters. The Bertz CT molecular complexity index is 1600. The highest BCUT2D eigenvalue weighted by molar-refractivity contribution is 6.08. The predicted molar refractivity (Wildman–Crippen MR) is 164 cm³/mol. The van der Waals surface area contributed by atoms with Crippen LogP contribution in [-0.2, 0) is 27.3 Å². The van der Waals surface area contributed by atoms with Crippen molar-refractivity contribution < 1.29 is 19.4 Å². The van der Waals surface area contributed by atoms with Gasteiger partial charge in [0.15, 0.2) is 0 Å². The van der Waals surface area contributed by atoms with E-state index in [0.717, 1.165) is 88.9 Å². The number of hydrogen-bond acceptors (Lipinski definition) is 5. The molecule has 4 heterocycles. The first kappa shape index (κ1) is 28.4. The molecular formula is C34H40N4O4. The lowest BCUT2D eigenvalue weighted by Crippen LogP contribution is -2.49. The van der Waals surface area contributed by atoms with Gasteiger partial charge in [0.2, 0.25) is 5.91 Å². The molecule has 42 heavy (non-hydrogen) atoms. The van der Waals surface area contributed by atoms with Crippen molar-refractivity contribution in [2.24, 2.45) is 5.92 Å². The molecule has 2 aliphatic rings. The van der Waals surface area contributed by atoms with Crippen molar-refractivity contribution in [1.29, 1.82) is 0 Å². The van der Waals surface area contributed by atoms with Crippen molar-refractivity contribution >= 4 is 33.8 Å². The number of ether oxygens (including phenoxy) is 1. The number of carbonyl (C=O) groups excluding carboxylic acids is 1. The monoisotopic (exact) mass is 568 g/mol. The molecule has 2 saturated heterocycles. The summed E-state index contributed by atoms with van der Waals surface area (Å²) in [4.78, 5) is 32.2. The molecular weight excluding hydrogens is 528 g/mol. The summed E-state index contributed by atoms with van der Waals surface area (Å²) in [6, 6.07) is 17.0. The lowest BCUT2D eigenvalue weighted by Gasteiger charge is -2.36. The molecule has 0 bridgehead atoms. The first-order chi connectivity index (χ1) is 20.4. The fraction of sp³-hybridized carbons (Fsp3) is 0.441. The molecule has 2 aromatic heterocycles. The van der Waals surface area contributed by atoms with Gasteiger partial charge in [-0.25, -0.2) is 4.98 Å². The SMILES string of the molecule is Cc1nc2c(c(C)c1CCC(=O)O)c1ccccc1n2Cc1ccc([C@@H](C(=O)N2CCNCC2)C2CCOCC2)cc1. The van der Waals surface area contributed by atoms with Crippen molar-refractivity contribution in [2.75, 3.05) is 39.4 Å². The van der Waals surface area contributed by atoms with Crippen LogP contribution in [0.15, 0.2) is 48.5 Å². The summed E-state index contributed by atoms with van der Waals surface area (Å²) in [5, 5.41) is 14.9. The third kappa shape index (κ3) is 5.53. The maximum absolute atomic E-state index is 13.8. The fourth-order valence-electron chi connectivity index (χ4n) is 6.95. The molecule has 6 rings (SSSR count). The number of nitrogens with one attached hydrogen (secondary N) is 1. The van der Waals surface area contributed by atoms with Crippen LogP contribution in [0.4, 0.5) is 0 Å².